The Hall–Kier alpha value is -2.98. The third-order valence-electron chi connectivity index (χ3n) is 5.19. The van der Waals surface area contributed by atoms with Gasteiger partial charge in [-0.05, 0) is 49.2 Å². The molecule has 0 bridgehead atoms. The van der Waals surface area contributed by atoms with Gasteiger partial charge in [-0.15, -0.1) is 0 Å². The number of ketones is 1. The van der Waals surface area contributed by atoms with E-state index < -0.39 is 0 Å². The van der Waals surface area contributed by atoms with Crippen molar-refractivity contribution in [2.45, 2.75) is 27.2 Å². The number of aromatic nitrogens is 2. The van der Waals surface area contributed by atoms with E-state index in [1.807, 2.05) is 43.5 Å². The molecular weight excluding hydrogens is 384 g/mol. The summed E-state index contributed by atoms with van der Waals surface area (Å²) >= 11 is 6.63. The summed E-state index contributed by atoms with van der Waals surface area (Å²) in [5.74, 6) is 0.698. The second kappa shape index (κ2) is 7.80. The van der Waals surface area contributed by atoms with Crippen molar-refractivity contribution in [2.75, 3.05) is 6.61 Å². The Morgan fingerprint density at radius 1 is 1.10 bits per heavy atom. The number of rotatable bonds is 6. The van der Waals surface area contributed by atoms with Gasteiger partial charge in [-0.3, -0.25) is 4.79 Å². The Morgan fingerprint density at radius 3 is 2.62 bits per heavy atom. The molecule has 2 aromatic heterocycles. The van der Waals surface area contributed by atoms with Crippen molar-refractivity contribution in [2.24, 2.45) is 0 Å². The summed E-state index contributed by atoms with van der Waals surface area (Å²) in [7, 11) is 0. The quantitative estimate of drug-likeness (QED) is 0.352. The molecule has 0 saturated heterocycles. The number of halogens is 1. The number of H-pyrrole nitrogens is 2. The lowest BCUT2D eigenvalue weighted by Crippen LogP contribution is -1.97. The molecule has 4 rings (SSSR count). The molecule has 2 heterocycles. The first-order valence-corrected chi connectivity index (χ1v) is 10.2. The molecule has 0 fully saturated rings. The zero-order valence-electron chi connectivity index (χ0n) is 16.7. The minimum atomic E-state index is -0.0212. The van der Waals surface area contributed by atoms with Crippen molar-refractivity contribution in [3.05, 3.63) is 64.9 Å². The lowest BCUT2D eigenvalue weighted by molar-refractivity contribution is 0.101. The number of fused-ring (bicyclic) bond motifs is 1. The Labute approximate surface area is 174 Å². The number of hydrogen-bond acceptors (Lipinski definition) is 2. The molecular formula is C24H23ClN2O2. The molecule has 2 aromatic carbocycles. The lowest BCUT2D eigenvalue weighted by atomic mass is 9.94. The molecule has 2 N–H and O–H groups in total. The van der Waals surface area contributed by atoms with Crippen molar-refractivity contribution in [3.63, 3.8) is 0 Å². The van der Waals surface area contributed by atoms with E-state index in [1.54, 1.807) is 6.92 Å². The van der Waals surface area contributed by atoms with E-state index in [0.717, 1.165) is 51.0 Å². The average molecular weight is 407 g/mol. The molecule has 29 heavy (non-hydrogen) atoms. The summed E-state index contributed by atoms with van der Waals surface area (Å²) in [6, 6.07) is 13.8. The second-order valence-electron chi connectivity index (χ2n) is 6.96. The molecule has 0 amide bonds. The first kappa shape index (κ1) is 19.3. The van der Waals surface area contributed by atoms with Crippen LogP contribution >= 0.6 is 11.6 Å². The highest BCUT2D eigenvalue weighted by atomic mass is 35.5. The molecule has 0 aliphatic carbocycles. The minimum absolute atomic E-state index is 0.0212. The van der Waals surface area contributed by atoms with Crippen LogP contribution in [0.2, 0.25) is 5.02 Å². The fourth-order valence-corrected chi connectivity index (χ4v) is 4.21. The van der Waals surface area contributed by atoms with E-state index >= 15 is 0 Å². The van der Waals surface area contributed by atoms with Gasteiger partial charge in [-0.25, -0.2) is 0 Å². The first-order chi connectivity index (χ1) is 14.0. The SMILES string of the molecule is CCOc1ccc(-c2c(C(C)=O)[nH]c(-c3cccc4[nH]ccc34)c2CC)c(Cl)c1. The minimum Gasteiger partial charge on any atom is -0.494 e. The van der Waals surface area contributed by atoms with Crippen LogP contribution in [0.5, 0.6) is 5.75 Å². The summed E-state index contributed by atoms with van der Waals surface area (Å²) in [6.45, 7) is 6.19. The van der Waals surface area contributed by atoms with Gasteiger partial charge in [0.15, 0.2) is 5.78 Å². The highest BCUT2D eigenvalue weighted by Gasteiger charge is 2.24. The van der Waals surface area contributed by atoms with Gasteiger partial charge in [0.1, 0.15) is 5.75 Å². The Balaban J connectivity index is 1.98. The normalized spacial score (nSPS) is 11.2. The van der Waals surface area contributed by atoms with Gasteiger partial charge in [0.25, 0.3) is 0 Å². The lowest BCUT2D eigenvalue weighted by Gasteiger charge is -2.11. The number of Topliss-reactive ketones (excluding diaryl/α,β-unsaturated/α-hetero) is 1. The van der Waals surface area contributed by atoms with Gasteiger partial charge in [0.05, 0.1) is 23.0 Å². The monoisotopic (exact) mass is 406 g/mol. The second-order valence-corrected chi connectivity index (χ2v) is 7.36. The maximum Gasteiger partial charge on any atom is 0.176 e. The van der Waals surface area contributed by atoms with Gasteiger partial charge >= 0.3 is 0 Å². The van der Waals surface area contributed by atoms with Crippen LogP contribution in [0.25, 0.3) is 33.3 Å². The number of hydrogen-bond donors (Lipinski definition) is 2. The van der Waals surface area contributed by atoms with E-state index in [2.05, 4.69) is 29.0 Å². The van der Waals surface area contributed by atoms with E-state index in [-0.39, 0.29) is 5.78 Å². The molecule has 0 unspecified atom stereocenters. The van der Waals surface area contributed by atoms with E-state index in [4.69, 9.17) is 16.3 Å². The predicted octanol–water partition coefficient (Wildman–Crippen LogP) is 6.65. The summed E-state index contributed by atoms with van der Waals surface area (Å²) < 4.78 is 5.56. The zero-order valence-corrected chi connectivity index (χ0v) is 17.5. The fourth-order valence-electron chi connectivity index (χ4n) is 3.94. The smallest absolute Gasteiger partial charge is 0.176 e. The van der Waals surface area contributed by atoms with Crippen LogP contribution in [0.15, 0.2) is 48.7 Å². The number of aromatic amines is 2. The van der Waals surface area contributed by atoms with Gasteiger partial charge in [-0.1, -0.05) is 30.7 Å². The standard InChI is InChI=1S/C24H23ClN2O2/c1-4-16-22(19-10-9-15(29-5-2)13-20(19)25)23(14(3)28)27-24(16)18-7-6-8-21-17(18)11-12-26-21/h6-13,26-27H,4-5H2,1-3H3. The summed E-state index contributed by atoms with van der Waals surface area (Å²) in [5, 5.41) is 1.68. The number of ether oxygens (including phenoxy) is 1. The van der Waals surface area contributed by atoms with Crippen molar-refractivity contribution in [3.8, 4) is 28.1 Å². The number of benzene rings is 2. The molecule has 0 spiro atoms. The van der Waals surface area contributed by atoms with Gasteiger partial charge in [0.2, 0.25) is 0 Å². The maximum absolute atomic E-state index is 12.5. The molecule has 5 heteroatoms. The first-order valence-electron chi connectivity index (χ1n) is 9.80. The summed E-state index contributed by atoms with van der Waals surface area (Å²) in [6.07, 6.45) is 2.69. The van der Waals surface area contributed by atoms with Crippen molar-refractivity contribution in [1.29, 1.82) is 0 Å². The maximum atomic E-state index is 12.5. The molecule has 4 aromatic rings. The predicted molar refractivity (Wildman–Crippen MR) is 119 cm³/mol. The summed E-state index contributed by atoms with van der Waals surface area (Å²) in [4.78, 5) is 19.2. The van der Waals surface area contributed by atoms with Crippen molar-refractivity contribution < 1.29 is 9.53 Å². The highest BCUT2D eigenvalue weighted by molar-refractivity contribution is 6.34. The zero-order chi connectivity index (χ0) is 20.5. The van der Waals surface area contributed by atoms with Gasteiger partial charge in [0, 0.05) is 40.7 Å². The third-order valence-corrected chi connectivity index (χ3v) is 5.51. The van der Waals surface area contributed by atoms with Gasteiger partial charge in [-0.2, -0.15) is 0 Å². The molecule has 4 nitrogen and oxygen atoms in total. The van der Waals surface area contributed by atoms with Crippen molar-refractivity contribution >= 4 is 28.3 Å². The van der Waals surface area contributed by atoms with Crippen LogP contribution in [0, 0.1) is 0 Å². The van der Waals surface area contributed by atoms with Crippen LogP contribution in [0.4, 0.5) is 0 Å². The highest BCUT2D eigenvalue weighted by Crippen LogP contribution is 2.41. The van der Waals surface area contributed by atoms with Crippen LogP contribution in [0.3, 0.4) is 0 Å². The molecule has 0 aliphatic heterocycles. The van der Waals surface area contributed by atoms with Crippen molar-refractivity contribution in [1.82, 2.24) is 9.97 Å². The molecule has 0 aliphatic rings. The van der Waals surface area contributed by atoms with Crippen LogP contribution in [0.1, 0.15) is 36.8 Å². The van der Waals surface area contributed by atoms with E-state index in [1.165, 1.54) is 0 Å². The Morgan fingerprint density at radius 2 is 1.93 bits per heavy atom. The molecule has 0 atom stereocenters. The topological polar surface area (TPSA) is 57.9 Å². The van der Waals surface area contributed by atoms with E-state index in [9.17, 15) is 4.79 Å². The van der Waals surface area contributed by atoms with Crippen LogP contribution in [-0.4, -0.2) is 22.4 Å². The average Bonchev–Trinajstić information content (AvgIpc) is 3.32. The molecule has 0 radical (unpaired) electrons. The van der Waals surface area contributed by atoms with Crippen LogP contribution < -0.4 is 4.74 Å². The Kier molecular flexibility index (Phi) is 5.20. The number of carbonyl (C=O) groups is 1. The fraction of sp³-hybridized carbons (Fsp3) is 0.208. The summed E-state index contributed by atoms with van der Waals surface area (Å²) in [5.41, 5.74) is 6.45. The number of nitrogens with one attached hydrogen (secondary N) is 2. The van der Waals surface area contributed by atoms with E-state index in [0.29, 0.717) is 17.3 Å². The Bertz CT molecular complexity index is 1200. The largest absolute Gasteiger partial charge is 0.494 e. The number of carbonyl (C=O) groups excluding carboxylic acids is 1. The molecule has 0 saturated carbocycles. The molecule has 148 valence electrons. The van der Waals surface area contributed by atoms with Crippen LogP contribution in [-0.2, 0) is 6.42 Å². The van der Waals surface area contributed by atoms with Gasteiger partial charge < -0.3 is 14.7 Å². The third kappa shape index (κ3) is 3.34.